The quantitative estimate of drug-likeness (QED) is 0.150. The zero-order valence-electron chi connectivity index (χ0n) is 27.3. The molecule has 2 aromatic heterocycles. The van der Waals surface area contributed by atoms with Gasteiger partial charge in [0.15, 0.2) is 0 Å². The van der Waals surface area contributed by atoms with E-state index in [1.807, 2.05) is 33.8 Å². The topological polar surface area (TPSA) is 143 Å². The lowest BCUT2D eigenvalue weighted by molar-refractivity contribution is 0.0669. The Labute approximate surface area is 273 Å². The number of ether oxygens (including phenoxy) is 2. The third-order valence-corrected chi connectivity index (χ3v) is 10.0. The maximum Gasteiger partial charge on any atom is 0.201 e. The molecule has 48 heavy (non-hydrogen) atoms. The molecule has 0 saturated carbocycles. The number of benzene rings is 4. The van der Waals surface area contributed by atoms with E-state index in [9.17, 15) is 30.0 Å². The third kappa shape index (κ3) is 3.85. The van der Waals surface area contributed by atoms with Crippen molar-refractivity contribution in [3.63, 3.8) is 0 Å². The normalized spacial score (nSPS) is 18.0. The van der Waals surface area contributed by atoms with Crippen LogP contribution in [0.4, 0.5) is 0 Å². The van der Waals surface area contributed by atoms with Crippen LogP contribution in [-0.4, -0.2) is 40.8 Å². The van der Waals surface area contributed by atoms with Crippen molar-refractivity contribution in [2.75, 3.05) is 0 Å². The average molecular weight is 647 g/mol. The molecule has 4 N–H and O–H groups in total. The van der Waals surface area contributed by atoms with E-state index in [0.717, 1.165) is 5.57 Å². The van der Waals surface area contributed by atoms with Gasteiger partial charge in [0.2, 0.25) is 10.9 Å². The molecule has 10 nitrogen and oxygen atoms in total. The highest BCUT2D eigenvalue weighted by Gasteiger charge is 2.45. The summed E-state index contributed by atoms with van der Waals surface area (Å²) in [5.74, 6) is -0.280. The summed E-state index contributed by atoms with van der Waals surface area (Å²) in [5, 5.41) is 45.0. The van der Waals surface area contributed by atoms with E-state index >= 15 is 0 Å². The summed E-state index contributed by atoms with van der Waals surface area (Å²) in [6.07, 6.45) is 2.43. The lowest BCUT2D eigenvalue weighted by atomic mass is 9.72. The number of phenols is 4. The zero-order chi connectivity index (χ0) is 34.2. The Morgan fingerprint density at radius 3 is 1.79 bits per heavy atom. The van der Waals surface area contributed by atoms with Gasteiger partial charge in [-0.15, -0.1) is 0 Å². The van der Waals surface area contributed by atoms with Crippen molar-refractivity contribution in [2.24, 2.45) is 14.1 Å². The van der Waals surface area contributed by atoms with E-state index in [4.69, 9.17) is 9.47 Å². The monoisotopic (exact) mass is 646 g/mol. The summed E-state index contributed by atoms with van der Waals surface area (Å²) < 4.78 is 16.6. The first-order valence-electron chi connectivity index (χ1n) is 15.7. The number of aryl methyl sites for hydroxylation is 2. The summed E-state index contributed by atoms with van der Waals surface area (Å²) in [6, 6.07) is 12.4. The van der Waals surface area contributed by atoms with Crippen molar-refractivity contribution in [3.05, 3.63) is 85.7 Å². The highest BCUT2D eigenvalue weighted by Crippen LogP contribution is 2.54. The van der Waals surface area contributed by atoms with Crippen LogP contribution in [0.3, 0.4) is 0 Å². The molecule has 1 atom stereocenters. The zero-order valence-corrected chi connectivity index (χ0v) is 27.3. The predicted molar refractivity (Wildman–Crippen MR) is 185 cm³/mol. The summed E-state index contributed by atoms with van der Waals surface area (Å²) >= 11 is 0. The van der Waals surface area contributed by atoms with Crippen LogP contribution in [0, 0.1) is 0 Å². The number of rotatable bonds is 1. The highest BCUT2D eigenvalue weighted by atomic mass is 16.5. The maximum atomic E-state index is 13.9. The predicted octanol–water partition coefficient (Wildman–Crippen LogP) is 6.42. The number of pyridine rings is 2. The van der Waals surface area contributed by atoms with Crippen molar-refractivity contribution in [1.29, 1.82) is 0 Å². The van der Waals surface area contributed by atoms with E-state index in [1.165, 1.54) is 24.3 Å². The van der Waals surface area contributed by atoms with Crippen LogP contribution in [-0.2, 0) is 14.1 Å². The van der Waals surface area contributed by atoms with Crippen molar-refractivity contribution < 1.29 is 29.9 Å². The van der Waals surface area contributed by atoms with Crippen molar-refractivity contribution in [2.45, 2.75) is 51.2 Å². The SMILES string of the molecule is Cn1c2c(O)cccc2c(=O)c2c(O)cc3c(c21)C=C(C1CC(C)(C)Oc2cc(O)c4c(=O)c5cccc(O)c5n(C)c4c21)C(C)(C)O3. The minimum absolute atomic E-state index is 0.0724. The van der Waals surface area contributed by atoms with Crippen molar-refractivity contribution in [1.82, 2.24) is 9.13 Å². The third-order valence-electron chi connectivity index (χ3n) is 10.0. The fourth-order valence-corrected chi connectivity index (χ4v) is 8.09. The van der Waals surface area contributed by atoms with Gasteiger partial charge in [-0.3, -0.25) is 9.59 Å². The number of hydrogen-bond acceptors (Lipinski definition) is 8. The molecular weight excluding hydrogens is 612 g/mol. The van der Waals surface area contributed by atoms with Crippen molar-refractivity contribution in [3.8, 4) is 34.5 Å². The van der Waals surface area contributed by atoms with E-state index in [-0.39, 0.29) is 44.5 Å². The number of para-hydroxylation sites is 2. The summed E-state index contributed by atoms with van der Waals surface area (Å²) in [4.78, 5) is 27.7. The minimum Gasteiger partial charge on any atom is -0.507 e. The molecule has 0 fully saturated rings. The lowest BCUT2D eigenvalue weighted by Crippen LogP contribution is -2.42. The van der Waals surface area contributed by atoms with Crippen molar-refractivity contribution >= 4 is 49.7 Å². The second kappa shape index (κ2) is 9.47. The second-order valence-corrected chi connectivity index (χ2v) is 14.0. The van der Waals surface area contributed by atoms with Gasteiger partial charge in [0.1, 0.15) is 45.7 Å². The number of aromatic hydroxyl groups is 4. The first-order valence-corrected chi connectivity index (χ1v) is 15.7. The molecular formula is C38H34N2O8. The molecule has 4 heterocycles. The molecule has 10 heteroatoms. The van der Waals surface area contributed by atoms with Crippen LogP contribution in [0.1, 0.15) is 51.2 Å². The number of phenolic OH excluding ortho intramolecular Hbond substituents is 4. The Hall–Kier alpha value is -5.64. The van der Waals surface area contributed by atoms with Gasteiger partial charge in [0.25, 0.3) is 0 Å². The van der Waals surface area contributed by atoms with Crippen LogP contribution < -0.4 is 20.3 Å². The first-order chi connectivity index (χ1) is 22.6. The fraction of sp³-hybridized carbons (Fsp3) is 0.263. The van der Waals surface area contributed by atoms with Crippen LogP contribution >= 0.6 is 0 Å². The minimum atomic E-state index is -0.956. The molecule has 4 aromatic carbocycles. The molecule has 244 valence electrons. The van der Waals surface area contributed by atoms with E-state index in [2.05, 4.69) is 0 Å². The molecule has 2 aliphatic rings. The number of aromatic nitrogens is 2. The highest BCUT2D eigenvalue weighted by molar-refractivity contribution is 6.04. The lowest BCUT2D eigenvalue weighted by Gasteiger charge is -2.44. The van der Waals surface area contributed by atoms with Gasteiger partial charge < -0.3 is 39.0 Å². The Bertz CT molecular complexity index is 2610. The van der Waals surface area contributed by atoms with Gasteiger partial charge in [0, 0.05) is 43.3 Å². The molecule has 0 radical (unpaired) electrons. The number of hydrogen-bond donors (Lipinski definition) is 4. The van der Waals surface area contributed by atoms with Crippen LogP contribution in [0.2, 0.25) is 0 Å². The molecule has 0 bridgehead atoms. The fourth-order valence-electron chi connectivity index (χ4n) is 8.09. The Morgan fingerprint density at radius 1 is 0.688 bits per heavy atom. The van der Waals surface area contributed by atoms with Gasteiger partial charge in [-0.1, -0.05) is 12.1 Å². The standard InChI is InChI=1S/C38H34N2O8/c1-37(2)16-20(28-27(47-37)15-25(44)30-34(28)40(6)32-18(36(30)46)10-8-12-23(32)42)21-13-19-26(48-38(21,3)4)14-24(43)29-33(19)39(5)31-17(35(29)45)9-7-11-22(31)41/h7-15,20,41-44H,16H2,1-6H3. The van der Waals surface area contributed by atoms with Gasteiger partial charge in [-0.25, -0.2) is 0 Å². The van der Waals surface area contributed by atoms with Crippen LogP contribution in [0.25, 0.3) is 49.7 Å². The van der Waals surface area contributed by atoms with Crippen LogP contribution in [0.15, 0.2) is 63.7 Å². The van der Waals surface area contributed by atoms with Gasteiger partial charge in [-0.05, 0) is 70.0 Å². The molecule has 0 spiro atoms. The van der Waals surface area contributed by atoms with Gasteiger partial charge in [0.05, 0.1) is 43.6 Å². The average Bonchev–Trinajstić information content (AvgIpc) is 2.99. The first kappa shape index (κ1) is 29.7. The molecule has 6 aromatic rings. The Morgan fingerprint density at radius 2 is 1.21 bits per heavy atom. The smallest absolute Gasteiger partial charge is 0.201 e. The van der Waals surface area contributed by atoms with E-state index in [0.29, 0.717) is 51.1 Å². The maximum absolute atomic E-state index is 13.9. The second-order valence-electron chi connectivity index (χ2n) is 14.0. The van der Waals surface area contributed by atoms with Gasteiger partial charge >= 0.3 is 0 Å². The summed E-state index contributed by atoms with van der Waals surface area (Å²) in [7, 11) is 3.48. The molecule has 0 saturated heterocycles. The Balaban J connectivity index is 1.51. The number of nitrogens with zero attached hydrogens (tertiary/aromatic N) is 2. The molecule has 1 unspecified atom stereocenters. The van der Waals surface area contributed by atoms with E-state index < -0.39 is 28.0 Å². The van der Waals surface area contributed by atoms with Gasteiger partial charge in [-0.2, -0.15) is 0 Å². The summed E-state index contributed by atoms with van der Waals surface area (Å²) in [6.45, 7) is 7.73. The van der Waals surface area contributed by atoms with Crippen LogP contribution in [0.5, 0.6) is 34.5 Å². The van der Waals surface area contributed by atoms with E-state index in [1.54, 1.807) is 47.5 Å². The summed E-state index contributed by atoms with van der Waals surface area (Å²) in [5.41, 5.74) is 0.965. The number of fused-ring (bicyclic) bond motifs is 8. The largest absolute Gasteiger partial charge is 0.507 e. The molecule has 8 rings (SSSR count). The molecule has 0 amide bonds. The Kier molecular flexibility index (Phi) is 5.87. The molecule has 2 aliphatic heterocycles. The molecule has 0 aliphatic carbocycles.